The number of ether oxygens (including phenoxy) is 1. The van der Waals surface area contributed by atoms with Crippen molar-refractivity contribution in [2.24, 2.45) is 0 Å². The highest BCUT2D eigenvalue weighted by atomic mass is 32.2. The number of aromatic nitrogens is 1. The van der Waals surface area contributed by atoms with E-state index in [0.717, 1.165) is 22.0 Å². The number of nitrogens with zero attached hydrogens (tertiary/aromatic N) is 2. The van der Waals surface area contributed by atoms with Crippen LogP contribution in [0.2, 0.25) is 0 Å². The molecule has 3 aromatic rings. The lowest BCUT2D eigenvalue weighted by Crippen LogP contribution is -2.44. The van der Waals surface area contributed by atoms with E-state index in [1.54, 1.807) is 27.7 Å². The van der Waals surface area contributed by atoms with Crippen LogP contribution < -0.4 is 10.9 Å². The molecule has 40 heavy (non-hydrogen) atoms. The van der Waals surface area contributed by atoms with Crippen molar-refractivity contribution >= 4 is 42.9 Å². The van der Waals surface area contributed by atoms with Gasteiger partial charge in [0.1, 0.15) is 16.9 Å². The third-order valence-corrected chi connectivity index (χ3v) is 10.0. The van der Waals surface area contributed by atoms with Gasteiger partial charge in [-0.2, -0.15) is 4.31 Å². The zero-order valence-electron chi connectivity index (χ0n) is 22.7. The van der Waals surface area contributed by atoms with Crippen molar-refractivity contribution in [3.63, 3.8) is 0 Å². The summed E-state index contributed by atoms with van der Waals surface area (Å²) in [5.41, 5.74) is 3.44. The van der Waals surface area contributed by atoms with Crippen LogP contribution in [0, 0.1) is 19.7 Å². The van der Waals surface area contributed by atoms with Crippen LogP contribution in [0.3, 0.4) is 0 Å². The molecule has 0 aliphatic carbocycles. The van der Waals surface area contributed by atoms with Crippen molar-refractivity contribution in [2.75, 3.05) is 13.1 Å². The van der Waals surface area contributed by atoms with Gasteiger partial charge < -0.3 is 4.74 Å². The SMILES string of the molecule is Cc1ccc(S(=O)(=O)n2c(S(=O)(=O)N3CCCC3)cc3c(C(=O)NNC(=O)OC(C)(C)C)c(C)cc(F)c32)cc1. The van der Waals surface area contributed by atoms with E-state index in [9.17, 15) is 26.4 Å². The van der Waals surface area contributed by atoms with Crippen LogP contribution in [0.25, 0.3) is 10.9 Å². The van der Waals surface area contributed by atoms with E-state index in [2.05, 4.69) is 10.9 Å². The fourth-order valence-electron chi connectivity index (χ4n) is 4.50. The number of carbonyl (C=O) groups is 2. The number of carbonyl (C=O) groups excluding carboxylic acids is 2. The number of hydrazine groups is 1. The van der Waals surface area contributed by atoms with Crippen molar-refractivity contribution in [1.29, 1.82) is 0 Å². The summed E-state index contributed by atoms with van der Waals surface area (Å²) in [4.78, 5) is 25.0. The van der Waals surface area contributed by atoms with Gasteiger partial charge >= 0.3 is 6.09 Å². The highest BCUT2D eigenvalue weighted by molar-refractivity contribution is 7.92. The quantitative estimate of drug-likeness (QED) is 0.430. The number of benzene rings is 2. The number of halogens is 1. The normalized spacial score (nSPS) is 14.8. The van der Waals surface area contributed by atoms with E-state index < -0.39 is 54.0 Å². The number of amides is 2. The Kier molecular flexibility index (Phi) is 7.73. The van der Waals surface area contributed by atoms with Gasteiger partial charge in [-0.25, -0.2) is 35.4 Å². The molecule has 2 aromatic carbocycles. The summed E-state index contributed by atoms with van der Waals surface area (Å²) < 4.78 is 77.6. The molecular weight excluding hydrogens is 563 g/mol. The summed E-state index contributed by atoms with van der Waals surface area (Å²) in [6.45, 7) is 8.38. The molecule has 14 heteroatoms. The third-order valence-electron chi connectivity index (χ3n) is 6.29. The minimum Gasteiger partial charge on any atom is -0.443 e. The highest BCUT2D eigenvalue weighted by Crippen LogP contribution is 2.36. The number of rotatable bonds is 5. The number of aryl methyl sites for hydroxylation is 2. The zero-order chi connectivity index (χ0) is 29.6. The van der Waals surface area contributed by atoms with Crippen LogP contribution in [0.5, 0.6) is 0 Å². The summed E-state index contributed by atoms with van der Waals surface area (Å²) in [6, 6.07) is 7.61. The maximum Gasteiger partial charge on any atom is 0.426 e. The van der Waals surface area contributed by atoms with Gasteiger partial charge in [0.25, 0.3) is 26.0 Å². The number of hydrogen-bond acceptors (Lipinski definition) is 7. The largest absolute Gasteiger partial charge is 0.443 e. The second-order valence-electron chi connectivity index (χ2n) is 10.6. The van der Waals surface area contributed by atoms with Gasteiger partial charge in [0.05, 0.1) is 10.5 Å². The smallest absolute Gasteiger partial charge is 0.426 e. The average Bonchev–Trinajstić information content (AvgIpc) is 3.52. The molecule has 1 aromatic heterocycles. The summed E-state index contributed by atoms with van der Waals surface area (Å²) in [6.07, 6.45) is 0.206. The van der Waals surface area contributed by atoms with Gasteiger partial charge in [-0.05, 0) is 77.3 Å². The number of sulfonamides is 1. The monoisotopic (exact) mass is 594 g/mol. The Labute approximate surface area is 232 Å². The van der Waals surface area contributed by atoms with Crippen LogP contribution in [0.1, 0.15) is 55.1 Å². The third kappa shape index (κ3) is 5.56. The van der Waals surface area contributed by atoms with Crippen molar-refractivity contribution in [2.45, 2.75) is 63.0 Å². The molecule has 1 aliphatic heterocycles. The molecule has 2 amide bonds. The molecule has 0 unspecified atom stereocenters. The maximum absolute atomic E-state index is 15.6. The molecule has 216 valence electrons. The topological polar surface area (TPSA) is 144 Å². The van der Waals surface area contributed by atoms with Gasteiger partial charge in [0.2, 0.25) is 0 Å². The zero-order valence-corrected chi connectivity index (χ0v) is 24.4. The maximum atomic E-state index is 15.6. The van der Waals surface area contributed by atoms with Crippen molar-refractivity contribution < 1.29 is 35.6 Å². The lowest BCUT2D eigenvalue weighted by molar-refractivity contribution is 0.0483. The van der Waals surface area contributed by atoms with Crippen LogP contribution in [-0.2, 0) is 24.8 Å². The van der Waals surface area contributed by atoms with Gasteiger partial charge in [-0.1, -0.05) is 17.7 Å². The molecule has 1 fully saturated rings. The van der Waals surface area contributed by atoms with Crippen molar-refractivity contribution in [3.05, 3.63) is 58.9 Å². The molecule has 2 N–H and O–H groups in total. The highest BCUT2D eigenvalue weighted by Gasteiger charge is 2.37. The molecule has 4 rings (SSSR count). The molecule has 0 saturated carbocycles. The molecule has 0 atom stereocenters. The van der Waals surface area contributed by atoms with E-state index in [-0.39, 0.29) is 34.5 Å². The Balaban J connectivity index is 1.95. The van der Waals surface area contributed by atoms with E-state index in [1.165, 1.54) is 31.2 Å². The molecule has 1 aliphatic rings. The predicted molar refractivity (Wildman–Crippen MR) is 145 cm³/mol. The first-order valence-electron chi connectivity index (χ1n) is 12.5. The van der Waals surface area contributed by atoms with Gasteiger partial charge in [-0.3, -0.25) is 10.2 Å². The molecule has 1 saturated heterocycles. The fourth-order valence-corrected chi connectivity index (χ4v) is 8.05. The number of hydrogen-bond donors (Lipinski definition) is 2. The van der Waals surface area contributed by atoms with Crippen molar-refractivity contribution in [1.82, 2.24) is 19.1 Å². The molecular formula is C26H31FN4O7S2. The Morgan fingerprint density at radius 2 is 1.52 bits per heavy atom. The Morgan fingerprint density at radius 1 is 0.925 bits per heavy atom. The fraction of sp³-hybridized carbons (Fsp3) is 0.385. The van der Waals surface area contributed by atoms with Crippen LogP contribution >= 0.6 is 0 Å². The van der Waals surface area contributed by atoms with Gasteiger partial charge in [0, 0.05) is 18.5 Å². The lowest BCUT2D eigenvalue weighted by Gasteiger charge is -2.20. The summed E-state index contributed by atoms with van der Waals surface area (Å²) >= 11 is 0. The number of nitrogens with one attached hydrogen (secondary N) is 2. The minimum absolute atomic E-state index is 0.0866. The molecule has 0 spiro atoms. The van der Waals surface area contributed by atoms with E-state index >= 15 is 4.39 Å². The molecule has 2 heterocycles. The minimum atomic E-state index is -4.66. The summed E-state index contributed by atoms with van der Waals surface area (Å²) in [7, 11) is -9.08. The lowest BCUT2D eigenvalue weighted by atomic mass is 10.0. The van der Waals surface area contributed by atoms with E-state index in [4.69, 9.17) is 4.74 Å². The molecule has 0 radical (unpaired) electrons. The van der Waals surface area contributed by atoms with Crippen LogP contribution in [-0.4, -0.2) is 55.8 Å². The molecule has 0 bridgehead atoms. The Hall–Kier alpha value is -3.49. The summed E-state index contributed by atoms with van der Waals surface area (Å²) in [5.74, 6) is -1.97. The van der Waals surface area contributed by atoms with Crippen molar-refractivity contribution in [3.8, 4) is 0 Å². The first-order chi connectivity index (χ1) is 18.5. The van der Waals surface area contributed by atoms with E-state index in [0.29, 0.717) is 16.8 Å². The Bertz CT molecular complexity index is 1700. The predicted octanol–water partition coefficient (Wildman–Crippen LogP) is 3.59. The van der Waals surface area contributed by atoms with E-state index in [1.807, 2.05) is 0 Å². The second kappa shape index (κ2) is 10.5. The second-order valence-corrected chi connectivity index (χ2v) is 14.2. The standard InChI is InChI=1S/C26H31FN4O7S2/c1-16-8-10-18(11-9-16)39(34,35)31-21(40(36,37)30-12-6-7-13-30)15-19-22(17(2)14-20(27)23(19)31)24(32)28-29-25(33)38-26(3,4)5/h8-11,14-15H,6-7,12-13H2,1-5H3,(H,28,32)(H,29,33). The Morgan fingerprint density at radius 3 is 2.10 bits per heavy atom. The summed E-state index contributed by atoms with van der Waals surface area (Å²) in [5, 5.41) is -0.946. The first kappa shape index (κ1) is 29.5. The van der Waals surface area contributed by atoms with Gasteiger partial charge in [-0.15, -0.1) is 0 Å². The average molecular weight is 595 g/mol. The molecule has 11 nitrogen and oxygen atoms in total. The number of fused-ring (bicyclic) bond motifs is 1. The first-order valence-corrected chi connectivity index (χ1v) is 15.4. The van der Waals surface area contributed by atoms with Gasteiger partial charge in [0.15, 0.2) is 5.03 Å². The van der Waals surface area contributed by atoms with Crippen LogP contribution in [0.15, 0.2) is 46.3 Å². The van der Waals surface area contributed by atoms with Crippen LogP contribution in [0.4, 0.5) is 9.18 Å².